The maximum Gasteiger partial charge on any atom is 0.265 e. The predicted octanol–water partition coefficient (Wildman–Crippen LogP) is 4.09. The topological polar surface area (TPSA) is 93.7 Å². The van der Waals surface area contributed by atoms with Crippen molar-refractivity contribution in [3.63, 3.8) is 0 Å². The maximum atomic E-state index is 12.7. The van der Waals surface area contributed by atoms with Gasteiger partial charge in [-0.05, 0) is 62.1 Å². The van der Waals surface area contributed by atoms with Gasteiger partial charge in [-0.3, -0.25) is 4.79 Å². The Morgan fingerprint density at radius 1 is 1.00 bits per heavy atom. The lowest BCUT2D eigenvalue weighted by Crippen LogP contribution is -2.31. The lowest BCUT2D eigenvalue weighted by Gasteiger charge is -2.20. The van der Waals surface area contributed by atoms with Gasteiger partial charge in [-0.1, -0.05) is 32.9 Å². The van der Waals surface area contributed by atoms with E-state index in [1.54, 1.807) is 20.8 Å². The molecule has 0 aromatic heterocycles. The first-order chi connectivity index (χ1) is 14.3. The molecule has 0 saturated heterocycles. The monoisotopic (exact) mass is 448 g/mol. The van der Waals surface area contributed by atoms with Gasteiger partial charge in [0.15, 0.2) is 6.10 Å². The van der Waals surface area contributed by atoms with Crippen LogP contribution in [0.5, 0.6) is 11.5 Å². The fourth-order valence-electron chi connectivity index (χ4n) is 2.86. The smallest absolute Gasteiger partial charge is 0.265 e. The molecule has 0 radical (unpaired) electrons. The summed E-state index contributed by atoms with van der Waals surface area (Å²) in [7, 11) is -2.27. The molecular weight excluding hydrogens is 416 g/mol. The van der Waals surface area contributed by atoms with E-state index in [1.807, 2.05) is 24.3 Å². The Bertz CT molecular complexity index is 1010. The lowest BCUT2D eigenvalue weighted by molar-refractivity contribution is -0.122. The average molecular weight is 449 g/mol. The summed E-state index contributed by atoms with van der Waals surface area (Å²) in [6, 6.07) is 11.6. The van der Waals surface area contributed by atoms with E-state index in [1.165, 1.54) is 25.3 Å². The van der Waals surface area contributed by atoms with Crippen molar-refractivity contribution in [1.29, 1.82) is 0 Å². The number of benzene rings is 2. The number of methoxy groups -OCH3 is 1. The van der Waals surface area contributed by atoms with Crippen LogP contribution in [0.4, 0.5) is 5.69 Å². The largest absolute Gasteiger partial charge is 0.495 e. The van der Waals surface area contributed by atoms with Gasteiger partial charge in [0.2, 0.25) is 10.0 Å². The number of carbonyl (C=O) groups excluding carboxylic acids is 1. The van der Waals surface area contributed by atoms with Gasteiger partial charge >= 0.3 is 0 Å². The Balaban J connectivity index is 2.17. The van der Waals surface area contributed by atoms with Crippen LogP contribution in [-0.2, 0) is 20.2 Å². The van der Waals surface area contributed by atoms with Crippen molar-refractivity contribution in [2.75, 3.05) is 12.4 Å². The second-order valence-electron chi connectivity index (χ2n) is 8.66. The number of carbonyl (C=O) groups is 1. The SMILES string of the molecule is COc1ccc(S(=O)(=O)NC(C)C)cc1NC(=O)[C@H](C)Oc1ccc(C(C)(C)C)cc1. The lowest BCUT2D eigenvalue weighted by atomic mass is 9.87. The molecule has 2 N–H and O–H groups in total. The van der Waals surface area contributed by atoms with Crippen molar-refractivity contribution in [3.05, 3.63) is 48.0 Å². The number of sulfonamides is 1. The molecule has 2 aromatic carbocycles. The quantitative estimate of drug-likeness (QED) is 0.635. The Kier molecular flexibility index (Phi) is 7.72. The fraction of sp³-hybridized carbons (Fsp3) is 0.435. The molecule has 0 unspecified atom stereocenters. The van der Waals surface area contributed by atoms with Gasteiger partial charge in [0, 0.05) is 6.04 Å². The second-order valence-corrected chi connectivity index (χ2v) is 10.4. The molecule has 0 spiro atoms. The Morgan fingerprint density at radius 3 is 2.13 bits per heavy atom. The van der Waals surface area contributed by atoms with E-state index in [0.717, 1.165) is 5.56 Å². The van der Waals surface area contributed by atoms with Gasteiger partial charge in [0.1, 0.15) is 11.5 Å². The zero-order valence-corrected chi connectivity index (χ0v) is 20.0. The van der Waals surface area contributed by atoms with Gasteiger partial charge in [0.25, 0.3) is 5.91 Å². The standard InChI is InChI=1S/C23H32N2O5S/c1-15(2)25-31(27,28)19-12-13-21(29-7)20(14-19)24-22(26)16(3)30-18-10-8-17(9-11-18)23(4,5)6/h8-16,25H,1-7H3,(H,24,26)/t16-/m0/s1. The zero-order chi connectivity index (χ0) is 23.4. The first-order valence-electron chi connectivity index (χ1n) is 10.1. The summed E-state index contributed by atoms with van der Waals surface area (Å²) >= 11 is 0. The molecule has 1 amide bonds. The molecule has 1 atom stereocenters. The third-order valence-electron chi connectivity index (χ3n) is 4.53. The molecule has 0 aliphatic heterocycles. The summed E-state index contributed by atoms with van der Waals surface area (Å²) in [5, 5.41) is 2.70. The number of anilines is 1. The molecule has 0 aliphatic rings. The predicted molar refractivity (Wildman–Crippen MR) is 122 cm³/mol. The molecule has 2 rings (SSSR count). The number of hydrogen-bond donors (Lipinski definition) is 2. The van der Waals surface area contributed by atoms with Crippen molar-refractivity contribution < 1.29 is 22.7 Å². The highest BCUT2D eigenvalue weighted by Gasteiger charge is 2.21. The van der Waals surface area contributed by atoms with E-state index < -0.39 is 22.0 Å². The number of ether oxygens (including phenoxy) is 2. The summed E-state index contributed by atoms with van der Waals surface area (Å²) < 4.78 is 38.5. The normalized spacial score (nSPS) is 13.0. The molecule has 0 saturated carbocycles. The van der Waals surface area contributed by atoms with Crippen LogP contribution in [0.2, 0.25) is 0 Å². The Hall–Kier alpha value is -2.58. The number of nitrogens with one attached hydrogen (secondary N) is 2. The molecule has 170 valence electrons. The van der Waals surface area contributed by atoms with Crippen LogP contribution in [0.25, 0.3) is 0 Å². The van der Waals surface area contributed by atoms with Crippen LogP contribution in [0.1, 0.15) is 47.1 Å². The highest BCUT2D eigenvalue weighted by atomic mass is 32.2. The van der Waals surface area contributed by atoms with E-state index in [2.05, 4.69) is 30.8 Å². The summed E-state index contributed by atoms with van der Waals surface area (Å²) in [6.07, 6.45) is -0.806. The minimum atomic E-state index is -3.72. The second kappa shape index (κ2) is 9.70. The molecule has 0 fully saturated rings. The number of hydrogen-bond acceptors (Lipinski definition) is 5. The van der Waals surface area contributed by atoms with Crippen LogP contribution in [0.3, 0.4) is 0 Å². The van der Waals surface area contributed by atoms with Crippen molar-refractivity contribution >= 4 is 21.6 Å². The third-order valence-corrected chi connectivity index (χ3v) is 6.19. The average Bonchev–Trinajstić information content (AvgIpc) is 2.66. The number of rotatable bonds is 8. The van der Waals surface area contributed by atoms with Gasteiger partial charge in [0.05, 0.1) is 17.7 Å². The van der Waals surface area contributed by atoms with Crippen molar-refractivity contribution in [2.24, 2.45) is 0 Å². The van der Waals surface area contributed by atoms with Gasteiger partial charge in [-0.2, -0.15) is 0 Å². The van der Waals surface area contributed by atoms with E-state index in [-0.39, 0.29) is 22.0 Å². The van der Waals surface area contributed by atoms with Crippen molar-refractivity contribution in [1.82, 2.24) is 4.72 Å². The molecule has 7 nitrogen and oxygen atoms in total. The molecular formula is C23H32N2O5S. The third kappa shape index (κ3) is 6.70. The van der Waals surface area contributed by atoms with Crippen LogP contribution in [0.15, 0.2) is 47.4 Å². The summed E-state index contributed by atoms with van der Waals surface area (Å²) in [4.78, 5) is 12.7. The zero-order valence-electron chi connectivity index (χ0n) is 19.1. The van der Waals surface area contributed by atoms with E-state index in [9.17, 15) is 13.2 Å². The highest BCUT2D eigenvalue weighted by molar-refractivity contribution is 7.89. The Labute approximate surface area is 185 Å². The summed E-state index contributed by atoms with van der Waals surface area (Å²) in [5.41, 5.74) is 1.43. The van der Waals surface area contributed by atoms with Crippen LogP contribution >= 0.6 is 0 Å². The summed E-state index contributed by atoms with van der Waals surface area (Å²) in [6.45, 7) is 11.5. The first kappa shape index (κ1) is 24.7. The minimum absolute atomic E-state index is 0.0217. The molecule has 8 heteroatoms. The van der Waals surface area contributed by atoms with Gasteiger partial charge in [-0.15, -0.1) is 0 Å². The van der Waals surface area contributed by atoms with Crippen molar-refractivity contribution in [2.45, 2.75) is 64.0 Å². The highest BCUT2D eigenvalue weighted by Crippen LogP contribution is 2.28. The molecule has 0 bridgehead atoms. The molecule has 0 heterocycles. The van der Waals surface area contributed by atoms with E-state index in [4.69, 9.17) is 9.47 Å². The Morgan fingerprint density at radius 2 is 1.61 bits per heavy atom. The van der Waals surface area contributed by atoms with E-state index in [0.29, 0.717) is 11.5 Å². The van der Waals surface area contributed by atoms with Crippen LogP contribution in [0, 0.1) is 0 Å². The number of amides is 1. The van der Waals surface area contributed by atoms with Crippen molar-refractivity contribution in [3.8, 4) is 11.5 Å². The molecule has 31 heavy (non-hydrogen) atoms. The maximum absolute atomic E-state index is 12.7. The molecule has 2 aromatic rings. The van der Waals surface area contributed by atoms with Gasteiger partial charge < -0.3 is 14.8 Å². The van der Waals surface area contributed by atoms with Gasteiger partial charge in [-0.25, -0.2) is 13.1 Å². The van der Waals surface area contributed by atoms with Crippen LogP contribution < -0.4 is 19.5 Å². The molecule has 0 aliphatic carbocycles. The summed E-state index contributed by atoms with van der Waals surface area (Å²) in [5.74, 6) is 0.489. The first-order valence-corrected chi connectivity index (χ1v) is 11.6. The minimum Gasteiger partial charge on any atom is -0.495 e. The van der Waals surface area contributed by atoms with Crippen LogP contribution in [-0.4, -0.2) is 33.6 Å². The van der Waals surface area contributed by atoms with E-state index >= 15 is 0 Å². The fourth-order valence-corrected chi connectivity index (χ4v) is 4.13.